The molecule has 0 aromatic rings. The molecule has 1 rings (SSSR count). The highest BCUT2D eigenvalue weighted by Crippen LogP contribution is 2.14. The Morgan fingerprint density at radius 2 is 1.95 bits per heavy atom. The number of sulfone groups is 1. The fraction of sp³-hybridized carbons (Fsp3) is 0.933. The van der Waals surface area contributed by atoms with Gasteiger partial charge in [0.2, 0.25) is 0 Å². The molecule has 0 aliphatic carbocycles. The van der Waals surface area contributed by atoms with E-state index < -0.39 is 21.5 Å². The van der Waals surface area contributed by atoms with E-state index in [-0.39, 0.29) is 23.6 Å². The predicted molar refractivity (Wildman–Crippen MR) is 87.7 cm³/mol. The Labute approximate surface area is 134 Å². The molecule has 130 valence electrons. The number of carbonyl (C=O) groups is 1. The lowest BCUT2D eigenvalue weighted by Gasteiger charge is -2.25. The molecule has 22 heavy (non-hydrogen) atoms. The summed E-state index contributed by atoms with van der Waals surface area (Å²) in [5.41, 5.74) is -0.523. The Kier molecular flexibility index (Phi) is 6.67. The third-order valence-corrected chi connectivity index (χ3v) is 5.12. The van der Waals surface area contributed by atoms with Crippen molar-refractivity contribution in [3.05, 3.63) is 0 Å². The number of carbonyl (C=O) groups excluding carboxylic acids is 1. The fourth-order valence-corrected chi connectivity index (χ4v) is 4.25. The number of alkyl carbamates (subject to hydrolysis) is 1. The maximum Gasteiger partial charge on any atom is 0.407 e. The van der Waals surface area contributed by atoms with Crippen molar-refractivity contribution in [1.82, 2.24) is 10.6 Å². The molecular weight excluding hydrogens is 304 g/mol. The van der Waals surface area contributed by atoms with Crippen LogP contribution in [0.5, 0.6) is 0 Å². The van der Waals surface area contributed by atoms with Gasteiger partial charge < -0.3 is 15.4 Å². The maximum absolute atomic E-state index is 11.7. The summed E-state index contributed by atoms with van der Waals surface area (Å²) in [5, 5.41) is 6.14. The van der Waals surface area contributed by atoms with Crippen LogP contribution in [0.2, 0.25) is 0 Å². The van der Waals surface area contributed by atoms with E-state index >= 15 is 0 Å². The first-order valence-corrected chi connectivity index (χ1v) is 9.72. The first-order valence-electron chi connectivity index (χ1n) is 7.90. The molecule has 0 saturated carbocycles. The van der Waals surface area contributed by atoms with Crippen LogP contribution in [0.4, 0.5) is 4.79 Å². The lowest BCUT2D eigenvalue weighted by molar-refractivity contribution is 0.0520. The van der Waals surface area contributed by atoms with Gasteiger partial charge in [0.05, 0.1) is 11.5 Å². The zero-order valence-corrected chi connectivity index (χ0v) is 15.1. The summed E-state index contributed by atoms with van der Waals surface area (Å²) in [6.45, 7) is 10.1. The molecule has 6 nitrogen and oxygen atoms in total. The molecule has 1 aliphatic rings. The third-order valence-electron chi connectivity index (χ3n) is 3.35. The van der Waals surface area contributed by atoms with Crippen LogP contribution in [-0.4, -0.2) is 50.2 Å². The minimum Gasteiger partial charge on any atom is -0.444 e. The second kappa shape index (κ2) is 7.64. The maximum atomic E-state index is 11.7. The Bertz CT molecular complexity index is 468. The average molecular weight is 334 g/mol. The highest BCUT2D eigenvalue weighted by Gasteiger charge is 2.29. The van der Waals surface area contributed by atoms with Crippen LogP contribution in [0.15, 0.2) is 0 Å². The molecule has 0 aromatic carbocycles. The van der Waals surface area contributed by atoms with Gasteiger partial charge in [-0.05, 0) is 39.5 Å². The van der Waals surface area contributed by atoms with Crippen LogP contribution in [0.3, 0.4) is 0 Å². The molecule has 1 fully saturated rings. The van der Waals surface area contributed by atoms with Gasteiger partial charge in [-0.3, -0.25) is 0 Å². The summed E-state index contributed by atoms with van der Waals surface area (Å²) in [7, 11) is -2.90. The van der Waals surface area contributed by atoms with Gasteiger partial charge >= 0.3 is 6.09 Å². The van der Waals surface area contributed by atoms with E-state index in [1.54, 1.807) is 0 Å². The van der Waals surface area contributed by atoms with Crippen LogP contribution in [-0.2, 0) is 14.6 Å². The SMILES string of the molecule is CC(C)CC(CNC(=O)OC(C)(C)C)NC1CCS(=O)(=O)C1. The Hall–Kier alpha value is -0.820. The van der Waals surface area contributed by atoms with Gasteiger partial charge in [-0.25, -0.2) is 13.2 Å². The zero-order chi connectivity index (χ0) is 17.0. The van der Waals surface area contributed by atoms with Gasteiger partial charge in [-0.2, -0.15) is 0 Å². The molecule has 1 aliphatic heterocycles. The second-order valence-electron chi connectivity index (χ2n) is 7.48. The average Bonchev–Trinajstić information content (AvgIpc) is 2.62. The second-order valence-corrected chi connectivity index (χ2v) is 9.70. The molecule has 0 radical (unpaired) electrons. The molecule has 0 bridgehead atoms. The van der Waals surface area contributed by atoms with Gasteiger partial charge in [0.25, 0.3) is 0 Å². The largest absolute Gasteiger partial charge is 0.444 e. The molecular formula is C15H30N2O4S. The summed E-state index contributed by atoms with van der Waals surface area (Å²) in [4.78, 5) is 11.7. The van der Waals surface area contributed by atoms with E-state index in [1.165, 1.54) is 0 Å². The van der Waals surface area contributed by atoms with Crippen LogP contribution >= 0.6 is 0 Å². The fourth-order valence-electron chi connectivity index (χ4n) is 2.56. The summed E-state index contributed by atoms with van der Waals surface area (Å²) in [5.74, 6) is 0.892. The third kappa shape index (κ3) is 7.98. The first kappa shape index (κ1) is 19.2. The number of nitrogens with one attached hydrogen (secondary N) is 2. The van der Waals surface area contributed by atoms with Crippen molar-refractivity contribution in [2.24, 2.45) is 5.92 Å². The van der Waals surface area contributed by atoms with Crippen molar-refractivity contribution in [3.8, 4) is 0 Å². The van der Waals surface area contributed by atoms with Gasteiger partial charge in [0.15, 0.2) is 9.84 Å². The minimum atomic E-state index is -2.90. The van der Waals surface area contributed by atoms with E-state index in [9.17, 15) is 13.2 Å². The number of hydrogen-bond donors (Lipinski definition) is 2. The van der Waals surface area contributed by atoms with E-state index in [4.69, 9.17) is 4.74 Å². The predicted octanol–water partition coefficient (Wildman–Crippen LogP) is 1.70. The molecule has 0 aromatic heterocycles. The van der Waals surface area contributed by atoms with E-state index in [1.807, 2.05) is 20.8 Å². The van der Waals surface area contributed by atoms with Crippen LogP contribution in [0, 0.1) is 5.92 Å². The number of amides is 1. The van der Waals surface area contributed by atoms with Crippen molar-refractivity contribution in [2.75, 3.05) is 18.1 Å². The van der Waals surface area contributed by atoms with E-state index in [0.717, 1.165) is 6.42 Å². The van der Waals surface area contributed by atoms with E-state index in [2.05, 4.69) is 24.5 Å². The van der Waals surface area contributed by atoms with Gasteiger partial charge in [-0.1, -0.05) is 13.8 Å². The molecule has 2 unspecified atom stereocenters. The van der Waals surface area contributed by atoms with Crippen molar-refractivity contribution in [3.63, 3.8) is 0 Å². The molecule has 0 spiro atoms. The lowest BCUT2D eigenvalue weighted by atomic mass is 10.0. The normalized spacial score (nSPS) is 22.5. The van der Waals surface area contributed by atoms with Gasteiger partial charge in [-0.15, -0.1) is 0 Å². The van der Waals surface area contributed by atoms with Crippen LogP contribution < -0.4 is 10.6 Å². The van der Waals surface area contributed by atoms with Crippen LogP contribution in [0.1, 0.15) is 47.5 Å². The number of rotatable bonds is 6. The first-order chi connectivity index (χ1) is 9.97. The monoisotopic (exact) mass is 334 g/mol. The van der Waals surface area contributed by atoms with Gasteiger partial charge in [0, 0.05) is 18.6 Å². The molecule has 1 heterocycles. The number of hydrogen-bond acceptors (Lipinski definition) is 5. The quantitative estimate of drug-likeness (QED) is 0.772. The molecule has 1 saturated heterocycles. The van der Waals surface area contributed by atoms with Crippen LogP contribution in [0.25, 0.3) is 0 Å². The van der Waals surface area contributed by atoms with Crippen molar-refractivity contribution in [1.29, 1.82) is 0 Å². The Morgan fingerprint density at radius 1 is 1.32 bits per heavy atom. The van der Waals surface area contributed by atoms with Crippen molar-refractivity contribution < 1.29 is 17.9 Å². The molecule has 2 N–H and O–H groups in total. The molecule has 2 atom stereocenters. The highest BCUT2D eigenvalue weighted by atomic mass is 32.2. The summed E-state index contributed by atoms with van der Waals surface area (Å²) >= 11 is 0. The topological polar surface area (TPSA) is 84.5 Å². The Morgan fingerprint density at radius 3 is 2.41 bits per heavy atom. The smallest absolute Gasteiger partial charge is 0.407 e. The molecule has 7 heteroatoms. The van der Waals surface area contributed by atoms with E-state index in [0.29, 0.717) is 18.9 Å². The van der Waals surface area contributed by atoms with Crippen molar-refractivity contribution >= 4 is 15.9 Å². The summed E-state index contributed by atoms with van der Waals surface area (Å²) in [6.07, 6.45) is 1.07. The highest BCUT2D eigenvalue weighted by molar-refractivity contribution is 7.91. The molecule has 1 amide bonds. The summed E-state index contributed by atoms with van der Waals surface area (Å²) < 4.78 is 28.3. The van der Waals surface area contributed by atoms with Gasteiger partial charge in [0.1, 0.15) is 5.60 Å². The lowest BCUT2D eigenvalue weighted by Crippen LogP contribution is -2.47. The minimum absolute atomic E-state index is 0.0193. The number of ether oxygens (including phenoxy) is 1. The standard InChI is InChI=1S/C15H30N2O4S/c1-11(2)8-13(9-16-14(18)21-15(3,4)5)17-12-6-7-22(19,20)10-12/h11-13,17H,6-10H2,1-5H3,(H,16,18). The zero-order valence-electron chi connectivity index (χ0n) is 14.3. The van der Waals surface area contributed by atoms with Crippen molar-refractivity contribution in [2.45, 2.75) is 65.1 Å². The summed E-state index contributed by atoms with van der Waals surface area (Å²) in [6, 6.07) is 0.0278. The Balaban J connectivity index is 2.49.